The van der Waals surface area contributed by atoms with Gasteiger partial charge in [0.05, 0.1) is 17.7 Å². The molecular weight excluding hydrogens is 798 g/mol. The zero-order chi connectivity index (χ0) is 42.9. The molecule has 3 aliphatic heterocycles. The quantitative estimate of drug-likeness (QED) is 0.0849. The lowest BCUT2D eigenvalue weighted by atomic mass is 9.97. The molecule has 5 N–H and O–H groups in total. The Morgan fingerprint density at radius 3 is 2.43 bits per heavy atom. The minimum absolute atomic E-state index is 0.0172. The van der Waals surface area contributed by atoms with Gasteiger partial charge in [0.1, 0.15) is 18.2 Å². The number of carbonyl (C=O) groups excluding carboxylic acids is 5. The number of amides is 5. The Morgan fingerprint density at radius 1 is 0.934 bits per heavy atom. The standard InChI is InChI=1S/C45H58ClN9O6/c1-29-25-37(56)41-40(29)42(51-28-50-41)53-21-23-54(24-22-53)44(60)33(30-11-13-31(46)14-12-30)26-47-20-17-38(57)49-19-7-5-3-2-4-6-18-48-35-10-8-9-32-34(35)27-55(45(32)61)36-15-16-39(58)52-43(36)59/h8-14,28-29,33,36-37,47-48,56H,2-7,15-27H2,1H3,(H,49,57)(H,52,58,59). The fourth-order valence-corrected chi connectivity index (χ4v) is 9.18. The summed E-state index contributed by atoms with van der Waals surface area (Å²) in [5.74, 6) is -0.259. The summed E-state index contributed by atoms with van der Waals surface area (Å²) in [6, 6.07) is 12.4. The molecule has 2 aromatic carbocycles. The number of halogens is 1. The van der Waals surface area contributed by atoms with Crippen LogP contribution in [0.5, 0.6) is 0 Å². The smallest absolute Gasteiger partial charge is 0.255 e. The van der Waals surface area contributed by atoms with Crippen LogP contribution in [0.3, 0.4) is 0 Å². The number of aromatic nitrogens is 2. The Bertz CT molecular complexity index is 2060. The summed E-state index contributed by atoms with van der Waals surface area (Å²) >= 11 is 6.19. The first-order valence-corrected chi connectivity index (χ1v) is 22.3. The van der Waals surface area contributed by atoms with Crippen molar-refractivity contribution in [2.75, 3.05) is 62.6 Å². The number of aliphatic hydroxyl groups excluding tert-OH is 1. The highest BCUT2D eigenvalue weighted by atomic mass is 35.5. The lowest BCUT2D eigenvalue weighted by Gasteiger charge is -2.38. The van der Waals surface area contributed by atoms with E-state index in [-0.39, 0.29) is 36.0 Å². The fraction of sp³-hybridized carbons (Fsp3) is 0.533. The summed E-state index contributed by atoms with van der Waals surface area (Å²) in [6.07, 6.45) is 8.64. The molecule has 0 spiro atoms. The van der Waals surface area contributed by atoms with Crippen molar-refractivity contribution in [3.63, 3.8) is 0 Å². The van der Waals surface area contributed by atoms with Crippen LogP contribution < -0.4 is 26.2 Å². The third-order valence-electron chi connectivity index (χ3n) is 12.4. The molecular formula is C45H58ClN9O6. The van der Waals surface area contributed by atoms with Gasteiger partial charge in [-0.15, -0.1) is 0 Å². The number of piperazine rings is 1. The van der Waals surface area contributed by atoms with Crippen molar-refractivity contribution in [3.05, 3.63) is 81.8 Å². The normalized spacial score (nSPS) is 20.3. The molecule has 4 aliphatic rings. The van der Waals surface area contributed by atoms with Crippen molar-refractivity contribution >= 4 is 52.6 Å². The monoisotopic (exact) mass is 855 g/mol. The highest BCUT2D eigenvalue weighted by molar-refractivity contribution is 6.30. The first kappa shape index (κ1) is 44.0. The van der Waals surface area contributed by atoms with Crippen LogP contribution in [0.2, 0.25) is 5.02 Å². The summed E-state index contributed by atoms with van der Waals surface area (Å²) in [4.78, 5) is 78.3. The second-order valence-corrected chi connectivity index (χ2v) is 17.1. The molecule has 326 valence electrons. The zero-order valence-corrected chi connectivity index (χ0v) is 35.7. The number of aliphatic hydroxyl groups is 1. The van der Waals surface area contributed by atoms with Crippen molar-refractivity contribution in [2.24, 2.45) is 0 Å². The molecule has 16 heteroatoms. The van der Waals surface area contributed by atoms with Gasteiger partial charge in [-0.3, -0.25) is 29.3 Å². The van der Waals surface area contributed by atoms with Crippen molar-refractivity contribution in [3.8, 4) is 0 Å². The molecule has 3 aromatic rings. The number of nitrogens with one attached hydrogen (secondary N) is 4. The molecule has 0 saturated carbocycles. The Labute approximate surface area is 362 Å². The summed E-state index contributed by atoms with van der Waals surface area (Å²) in [5, 5.41) is 23.3. The van der Waals surface area contributed by atoms with Gasteiger partial charge >= 0.3 is 0 Å². The van der Waals surface area contributed by atoms with Crippen LogP contribution in [0.15, 0.2) is 48.8 Å². The van der Waals surface area contributed by atoms with E-state index < -0.39 is 24.0 Å². The Balaban J connectivity index is 0.759. The number of rotatable bonds is 19. The first-order valence-electron chi connectivity index (χ1n) is 21.9. The lowest BCUT2D eigenvalue weighted by molar-refractivity contribution is -0.137. The molecule has 2 saturated heterocycles. The molecule has 2 fully saturated rings. The number of imide groups is 1. The molecule has 4 unspecified atom stereocenters. The predicted octanol–water partition coefficient (Wildman–Crippen LogP) is 4.41. The molecule has 1 aliphatic carbocycles. The molecule has 1 aromatic heterocycles. The Morgan fingerprint density at radius 2 is 1.67 bits per heavy atom. The van der Waals surface area contributed by atoms with Crippen molar-refractivity contribution in [2.45, 2.75) is 102 Å². The SMILES string of the molecule is CC1CC(O)c2ncnc(N3CCN(C(=O)C(CNCCC(=O)NCCCCCCCCNc4cccc5c4CN(C4CCC(=O)NC4=O)C5=O)c4ccc(Cl)cc4)CC3)c21. The van der Waals surface area contributed by atoms with Crippen LogP contribution in [0.25, 0.3) is 0 Å². The Hall–Kier alpha value is -5.12. The highest BCUT2D eigenvalue weighted by Gasteiger charge is 2.40. The van der Waals surface area contributed by atoms with E-state index in [9.17, 15) is 29.1 Å². The number of benzene rings is 2. The van der Waals surface area contributed by atoms with Gasteiger partial charge in [-0.05, 0) is 61.4 Å². The fourth-order valence-electron chi connectivity index (χ4n) is 9.05. The second-order valence-electron chi connectivity index (χ2n) is 16.6. The third kappa shape index (κ3) is 10.7. The number of anilines is 2. The number of unbranched alkanes of at least 4 members (excludes halogenated alkanes) is 5. The predicted molar refractivity (Wildman–Crippen MR) is 232 cm³/mol. The van der Waals surface area contributed by atoms with Crippen molar-refractivity contribution in [1.82, 2.24) is 35.7 Å². The molecule has 15 nitrogen and oxygen atoms in total. The molecule has 4 heterocycles. The van der Waals surface area contributed by atoms with E-state index in [1.54, 1.807) is 23.1 Å². The van der Waals surface area contributed by atoms with Gasteiger partial charge < -0.3 is 35.8 Å². The summed E-state index contributed by atoms with van der Waals surface area (Å²) in [6.45, 7) is 7.06. The van der Waals surface area contributed by atoms with Gasteiger partial charge in [0.25, 0.3) is 5.91 Å². The van der Waals surface area contributed by atoms with E-state index in [0.29, 0.717) is 87.9 Å². The molecule has 5 amide bonds. The van der Waals surface area contributed by atoms with Crippen LogP contribution in [0.4, 0.5) is 11.5 Å². The second kappa shape index (κ2) is 20.6. The highest BCUT2D eigenvalue weighted by Crippen LogP contribution is 2.43. The average molecular weight is 856 g/mol. The van der Waals surface area contributed by atoms with Crippen LogP contribution >= 0.6 is 11.6 Å². The third-order valence-corrected chi connectivity index (χ3v) is 12.7. The van der Waals surface area contributed by atoms with Crippen LogP contribution in [0, 0.1) is 0 Å². The molecule has 61 heavy (non-hydrogen) atoms. The number of piperidine rings is 1. The van der Waals surface area contributed by atoms with Crippen molar-refractivity contribution in [1.29, 1.82) is 0 Å². The van der Waals surface area contributed by atoms with Crippen LogP contribution in [0.1, 0.15) is 122 Å². The minimum atomic E-state index is -0.626. The maximum Gasteiger partial charge on any atom is 0.255 e. The molecule has 0 bridgehead atoms. The largest absolute Gasteiger partial charge is 0.387 e. The first-order chi connectivity index (χ1) is 29.6. The summed E-state index contributed by atoms with van der Waals surface area (Å²) in [7, 11) is 0. The van der Waals surface area contributed by atoms with E-state index >= 15 is 0 Å². The number of carbonyl (C=O) groups is 5. The molecule has 4 atom stereocenters. The Kier molecular flexibility index (Phi) is 14.9. The summed E-state index contributed by atoms with van der Waals surface area (Å²) < 4.78 is 0. The van der Waals surface area contributed by atoms with Gasteiger partial charge in [0.2, 0.25) is 23.6 Å². The number of hydrogen-bond acceptors (Lipinski definition) is 11. The maximum atomic E-state index is 14.0. The van der Waals surface area contributed by atoms with Gasteiger partial charge in [-0.1, -0.05) is 62.4 Å². The molecule has 7 rings (SSSR count). The van der Waals surface area contributed by atoms with Gasteiger partial charge in [0, 0.05) is 99.1 Å². The zero-order valence-electron chi connectivity index (χ0n) is 35.0. The minimum Gasteiger partial charge on any atom is -0.387 e. The van der Waals surface area contributed by atoms with Gasteiger partial charge in [0.15, 0.2) is 0 Å². The number of hydrogen-bond donors (Lipinski definition) is 5. The number of nitrogens with zero attached hydrogens (tertiary/aromatic N) is 5. The van der Waals surface area contributed by atoms with E-state index in [2.05, 4.69) is 43.1 Å². The summed E-state index contributed by atoms with van der Waals surface area (Å²) in [5.41, 5.74) is 5.01. The van der Waals surface area contributed by atoms with Crippen LogP contribution in [-0.2, 0) is 25.7 Å². The van der Waals surface area contributed by atoms with E-state index in [1.807, 2.05) is 29.2 Å². The number of fused-ring (bicyclic) bond motifs is 2. The van der Waals surface area contributed by atoms with Crippen molar-refractivity contribution < 1.29 is 29.1 Å². The maximum absolute atomic E-state index is 14.0. The lowest BCUT2D eigenvalue weighted by Crippen LogP contribution is -2.52. The van der Waals surface area contributed by atoms with E-state index in [0.717, 1.165) is 73.3 Å². The van der Waals surface area contributed by atoms with Gasteiger partial charge in [-0.25, -0.2) is 9.97 Å². The topological polar surface area (TPSA) is 189 Å². The molecule has 0 radical (unpaired) electrons. The average Bonchev–Trinajstić information content (AvgIpc) is 3.75. The van der Waals surface area contributed by atoms with Gasteiger partial charge in [-0.2, -0.15) is 0 Å². The van der Waals surface area contributed by atoms with E-state index in [4.69, 9.17) is 11.6 Å². The van der Waals surface area contributed by atoms with Crippen LogP contribution in [-0.4, -0.2) is 113 Å². The van der Waals surface area contributed by atoms with E-state index in [1.165, 1.54) is 6.33 Å².